The summed E-state index contributed by atoms with van der Waals surface area (Å²) in [6.07, 6.45) is 0. The number of rotatable bonds is 3. The predicted octanol–water partition coefficient (Wildman–Crippen LogP) is 3.44. The number of nitrogen functional groups attached to an aromatic ring is 1. The monoisotopic (exact) mass is 315 g/mol. The third-order valence-corrected chi connectivity index (χ3v) is 3.27. The summed E-state index contributed by atoms with van der Waals surface area (Å²) in [6, 6.07) is 15.8. The normalized spacial score (nSPS) is 10.1. The van der Waals surface area contributed by atoms with E-state index < -0.39 is 0 Å². The van der Waals surface area contributed by atoms with E-state index in [9.17, 15) is 0 Å². The van der Waals surface area contributed by atoms with Gasteiger partial charge in [-0.05, 0) is 36.4 Å². The highest BCUT2D eigenvalue weighted by Gasteiger charge is 2.05. The van der Waals surface area contributed by atoms with E-state index in [1.165, 1.54) is 0 Å². The molecule has 1 aromatic heterocycles. The van der Waals surface area contributed by atoms with Crippen LogP contribution in [0.1, 0.15) is 0 Å². The Labute approximate surface area is 135 Å². The van der Waals surface area contributed by atoms with Crippen LogP contribution in [0.2, 0.25) is 0 Å². The third kappa shape index (κ3) is 3.20. The molecule has 0 aliphatic heterocycles. The molecule has 0 unspecified atom stereocenters. The van der Waals surface area contributed by atoms with Crippen molar-refractivity contribution in [3.05, 3.63) is 48.5 Å². The lowest BCUT2D eigenvalue weighted by Gasteiger charge is -2.13. The lowest BCUT2D eigenvalue weighted by molar-refractivity contribution is 1.13. The molecule has 5 nitrogen and oxygen atoms in total. The predicted molar refractivity (Wildman–Crippen MR) is 95.3 cm³/mol. The summed E-state index contributed by atoms with van der Waals surface area (Å²) in [5, 5.41) is 4.05. The van der Waals surface area contributed by atoms with E-state index in [1.54, 1.807) is 0 Å². The Morgan fingerprint density at radius 1 is 0.955 bits per heavy atom. The Bertz CT molecular complexity index is 771. The van der Waals surface area contributed by atoms with Gasteiger partial charge in [-0.25, -0.2) is 4.98 Å². The zero-order chi connectivity index (χ0) is 14.8. The summed E-state index contributed by atoms with van der Waals surface area (Å²) in [6.45, 7) is 0. The number of hydrogen-bond donors (Lipinski definition) is 2. The fraction of sp³-hybridized carbons (Fsp3) is 0.125. The molecule has 6 heteroatoms. The van der Waals surface area contributed by atoms with Gasteiger partial charge in [-0.2, -0.15) is 4.98 Å². The number of nitrogens with one attached hydrogen (secondary N) is 1. The fourth-order valence-corrected chi connectivity index (χ4v) is 2.13. The van der Waals surface area contributed by atoms with Crippen LogP contribution in [0.5, 0.6) is 0 Å². The molecule has 1 heterocycles. The van der Waals surface area contributed by atoms with Gasteiger partial charge in [0.25, 0.3) is 0 Å². The van der Waals surface area contributed by atoms with Gasteiger partial charge in [0.2, 0.25) is 5.95 Å². The van der Waals surface area contributed by atoms with Crippen LogP contribution in [0.4, 0.5) is 23.1 Å². The molecule has 22 heavy (non-hydrogen) atoms. The molecule has 0 atom stereocenters. The van der Waals surface area contributed by atoms with E-state index in [-0.39, 0.29) is 12.4 Å². The maximum Gasteiger partial charge on any atom is 0.229 e. The first-order valence-corrected chi connectivity index (χ1v) is 6.70. The molecule has 3 rings (SSSR count). The number of halogens is 1. The topological polar surface area (TPSA) is 67.1 Å². The van der Waals surface area contributed by atoms with Crippen molar-refractivity contribution < 1.29 is 0 Å². The number of aromatic nitrogens is 2. The molecule has 0 fully saturated rings. The Balaban J connectivity index is 0.00000176. The molecule has 0 spiro atoms. The van der Waals surface area contributed by atoms with Crippen molar-refractivity contribution in [2.45, 2.75) is 0 Å². The van der Waals surface area contributed by atoms with Gasteiger partial charge >= 0.3 is 0 Å². The number of hydrogen-bond acceptors (Lipinski definition) is 5. The van der Waals surface area contributed by atoms with Crippen LogP contribution in [0, 0.1) is 0 Å². The number of anilines is 4. The van der Waals surface area contributed by atoms with Crippen molar-refractivity contribution in [3.63, 3.8) is 0 Å². The molecular formula is C16H18ClN5. The van der Waals surface area contributed by atoms with Gasteiger partial charge < -0.3 is 16.0 Å². The second-order valence-corrected chi connectivity index (χ2v) is 5.02. The minimum absolute atomic E-state index is 0. The Morgan fingerprint density at radius 3 is 2.32 bits per heavy atom. The van der Waals surface area contributed by atoms with Crippen molar-refractivity contribution in [3.8, 4) is 0 Å². The van der Waals surface area contributed by atoms with Crippen LogP contribution in [0.25, 0.3) is 10.9 Å². The summed E-state index contributed by atoms with van der Waals surface area (Å²) in [5.41, 5.74) is 8.87. The van der Waals surface area contributed by atoms with Gasteiger partial charge in [-0.1, -0.05) is 12.1 Å². The van der Waals surface area contributed by atoms with Gasteiger partial charge in [0.05, 0.1) is 5.52 Å². The van der Waals surface area contributed by atoms with E-state index in [0.717, 1.165) is 22.3 Å². The number of nitrogens with two attached hydrogens (primary N) is 1. The first-order valence-electron chi connectivity index (χ1n) is 6.70. The van der Waals surface area contributed by atoms with Crippen molar-refractivity contribution in [1.82, 2.24) is 9.97 Å². The quantitative estimate of drug-likeness (QED) is 0.775. The summed E-state index contributed by atoms with van der Waals surface area (Å²) in [4.78, 5) is 10.8. The van der Waals surface area contributed by atoms with Crippen LogP contribution in [0.15, 0.2) is 48.5 Å². The lowest BCUT2D eigenvalue weighted by Crippen LogP contribution is -2.08. The Kier molecular flexibility index (Phi) is 4.68. The van der Waals surface area contributed by atoms with Crippen molar-refractivity contribution >= 4 is 46.5 Å². The maximum absolute atomic E-state index is 5.98. The number of benzene rings is 2. The molecule has 0 bridgehead atoms. The fourth-order valence-electron chi connectivity index (χ4n) is 2.13. The molecule has 0 saturated carbocycles. The first-order chi connectivity index (χ1) is 10.1. The molecule has 114 valence electrons. The second kappa shape index (κ2) is 6.49. The highest BCUT2D eigenvalue weighted by Crippen LogP contribution is 2.22. The zero-order valence-corrected chi connectivity index (χ0v) is 13.3. The van der Waals surface area contributed by atoms with Crippen LogP contribution < -0.4 is 16.0 Å². The molecule has 0 radical (unpaired) electrons. The number of para-hydroxylation sites is 1. The molecule has 3 aromatic rings. The smallest absolute Gasteiger partial charge is 0.229 e. The molecule has 0 amide bonds. The SMILES string of the molecule is CN(C)c1ccc(Nc2nc(N)c3ccccc3n2)cc1.Cl. The van der Waals surface area contributed by atoms with Gasteiger partial charge in [0, 0.05) is 30.9 Å². The molecular weight excluding hydrogens is 298 g/mol. The molecule has 0 aliphatic rings. The van der Waals surface area contributed by atoms with Gasteiger partial charge in [0.1, 0.15) is 5.82 Å². The van der Waals surface area contributed by atoms with E-state index >= 15 is 0 Å². The average Bonchev–Trinajstić information content (AvgIpc) is 2.48. The summed E-state index contributed by atoms with van der Waals surface area (Å²) in [7, 11) is 4.02. The van der Waals surface area contributed by atoms with Crippen LogP contribution in [-0.4, -0.2) is 24.1 Å². The second-order valence-electron chi connectivity index (χ2n) is 5.02. The van der Waals surface area contributed by atoms with E-state index in [4.69, 9.17) is 5.73 Å². The Hall–Kier alpha value is -2.53. The minimum Gasteiger partial charge on any atom is -0.383 e. The summed E-state index contributed by atoms with van der Waals surface area (Å²) in [5.74, 6) is 0.983. The first kappa shape index (κ1) is 15.9. The standard InChI is InChI=1S/C16H17N5.ClH/c1-21(2)12-9-7-11(8-10-12)18-16-19-14-6-4-3-5-13(14)15(17)20-16;/h3-10H,1-2H3,(H3,17,18,19,20);1H. The van der Waals surface area contributed by atoms with Crippen molar-refractivity contribution in [1.29, 1.82) is 0 Å². The number of fused-ring (bicyclic) bond motifs is 1. The summed E-state index contributed by atoms with van der Waals surface area (Å²) >= 11 is 0. The van der Waals surface area contributed by atoms with E-state index in [1.807, 2.05) is 67.5 Å². The van der Waals surface area contributed by atoms with Gasteiger partial charge in [0.15, 0.2) is 0 Å². The maximum atomic E-state index is 5.98. The Morgan fingerprint density at radius 2 is 1.64 bits per heavy atom. The van der Waals surface area contributed by atoms with Crippen LogP contribution in [-0.2, 0) is 0 Å². The third-order valence-electron chi connectivity index (χ3n) is 3.27. The largest absolute Gasteiger partial charge is 0.383 e. The van der Waals surface area contributed by atoms with Crippen LogP contribution >= 0.6 is 12.4 Å². The summed E-state index contributed by atoms with van der Waals surface area (Å²) < 4.78 is 0. The molecule has 2 aromatic carbocycles. The molecule has 3 N–H and O–H groups in total. The highest BCUT2D eigenvalue weighted by molar-refractivity contribution is 5.89. The van der Waals surface area contributed by atoms with Crippen molar-refractivity contribution in [2.24, 2.45) is 0 Å². The average molecular weight is 316 g/mol. The lowest BCUT2D eigenvalue weighted by atomic mass is 10.2. The van der Waals surface area contributed by atoms with Gasteiger partial charge in [-0.3, -0.25) is 0 Å². The van der Waals surface area contributed by atoms with Gasteiger partial charge in [-0.15, -0.1) is 12.4 Å². The van der Waals surface area contributed by atoms with Crippen molar-refractivity contribution in [2.75, 3.05) is 30.0 Å². The van der Waals surface area contributed by atoms with E-state index in [0.29, 0.717) is 11.8 Å². The minimum atomic E-state index is 0. The highest BCUT2D eigenvalue weighted by atomic mass is 35.5. The zero-order valence-electron chi connectivity index (χ0n) is 12.4. The van der Waals surface area contributed by atoms with E-state index in [2.05, 4.69) is 15.3 Å². The molecule has 0 aliphatic carbocycles. The number of nitrogens with zero attached hydrogens (tertiary/aromatic N) is 3. The van der Waals surface area contributed by atoms with Crippen LogP contribution in [0.3, 0.4) is 0 Å². The molecule has 0 saturated heterocycles.